The molecule has 202 valence electrons. The third-order valence-electron chi connectivity index (χ3n) is 7.21. The molecule has 1 fully saturated rings. The van der Waals surface area contributed by atoms with E-state index < -0.39 is 0 Å². The number of nitrogens with two attached hydrogens (primary N) is 1. The Morgan fingerprint density at radius 1 is 1.12 bits per heavy atom. The van der Waals surface area contributed by atoms with E-state index in [9.17, 15) is 4.79 Å². The van der Waals surface area contributed by atoms with Crippen LogP contribution in [0.25, 0.3) is 33.7 Å². The largest absolute Gasteiger partial charge is 0.439 e. The monoisotopic (exact) mass is 536 g/mol. The molecule has 1 saturated heterocycles. The number of amides is 1. The number of carbonyl (C=O) groups excluding carboxylic acids is 1. The average Bonchev–Trinajstić information content (AvgIpc) is 3.57. The number of aromatic nitrogens is 6. The van der Waals surface area contributed by atoms with E-state index >= 15 is 0 Å². The maximum Gasteiger partial charge on any atom is 0.245 e. The Morgan fingerprint density at radius 2 is 1.90 bits per heavy atom. The molecule has 0 atom stereocenters. The third kappa shape index (κ3) is 4.55. The van der Waals surface area contributed by atoms with E-state index in [1.807, 2.05) is 61.0 Å². The number of aryl methyl sites for hydroxylation is 2. The van der Waals surface area contributed by atoms with Crippen molar-refractivity contribution in [3.8, 4) is 34.3 Å². The summed E-state index contributed by atoms with van der Waals surface area (Å²) in [5.41, 5.74) is 10.3. The van der Waals surface area contributed by atoms with Gasteiger partial charge in [-0.05, 0) is 49.6 Å². The number of nitrogens with zero attached hydrogens (tertiary/aromatic N) is 7. The molecule has 0 bridgehead atoms. The smallest absolute Gasteiger partial charge is 0.245 e. The second-order valence-corrected chi connectivity index (χ2v) is 9.74. The van der Waals surface area contributed by atoms with E-state index in [1.54, 1.807) is 4.90 Å². The van der Waals surface area contributed by atoms with Crippen LogP contribution in [0.15, 0.2) is 66.0 Å². The Bertz CT molecular complexity index is 1720. The minimum Gasteiger partial charge on any atom is -0.439 e. The third-order valence-corrected chi connectivity index (χ3v) is 7.21. The molecule has 4 aromatic heterocycles. The first-order valence-electron chi connectivity index (χ1n) is 13.0. The van der Waals surface area contributed by atoms with E-state index in [-0.39, 0.29) is 11.8 Å². The summed E-state index contributed by atoms with van der Waals surface area (Å²) < 4.78 is 13.6. The van der Waals surface area contributed by atoms with Gasteiger partial charge in [0.05, 0.1) is 11.1 Å². The zero-order valence-electron chi connectivity index (χ0n) is 22.2. The zero-order chi connectivity index (χ0) is 27.8. The molecule has 40 heavy (non-hydrogen) atoms. The standard InChI is InChI=1S/C29H28N8O3/c1-4-22(38)37-14-12-19(13-15-37)29-34-27(35-40-29)25-23(24-26(30)31-16-32-28(24)36(25)3)18-8-10-20(11-9-18)39-21-7-5-6-17(2)33-21/h4-11,16,19H,1,12-15H2,2-3H3,(H2,30,31,32). The first-order chi connectivity index (χ1) is 19.4. The van der Waals surface area contributed by atoms with Gasteiger partial charge in [-0.2, -0.15) is 4.98 Å². The van der Waals surface area contributed by atoms with Gasteiger partial charge in [-0.25, -0.2) is 15.0 Å². The quantitative estimate of drug-likeness (QED) is 0.307. The molecule has 0 radical (unpaired) electrons. The fourth-order valence-electron chi connectivity index (χ4n) is 5.18. The highest BCUT2D eigenvalue weighted by molar-refractivity contribution is 6.07. The van der Waals surface area contributed by atoms with Crippen molar-refractivity contribution < 1.29 is 14.1 Å². The molecule has 0 spiro atoms. The van der Waals surface area contributed by atoms with E-state index in [4.69, 9.17) is 20.0 Å². The fraction of sp³-hybridized carbons (Fsp3) is 0.241. The van der Waals surface area contributed by atoms with Gasteiger partial charge in [-0.3, -0.25) is 4.79 Å². The highest BCUT2D eigenvalue weighted by Gasteiger charge is 2.29. The number of piperidine rings is 1. The molecular weight excluding hydrogens is 508 g/mol. The molecule has 0 aliphatic carbocycles. The minimum absolute atomic E-state index is 0.0600. The summed E-state index contributed by atoms with van der Waals surface area (Å²) >= 11 is 0. The highest BCUT2D eigenvalue weighted by atomic mass is 16.5. The molecule has 0 unspecified atom stereocenters. The van der Waals surface area contributed by atoms with Crippen LogP contribution in [0.1, 0.15) is 30.3 Å². The molecule has 11 nitrogen and oxygen atoms in total. The number of ether oxygens (including phenoxy) is 1. The molecule has 1 amide bonds. The van der Waals surface area contributed by atoms with Crippen LogP contribution in [-0.4, -0.2) is 53.6 Å². The van der Waals surface area contributed by atoms with Gasteiger partial charge in [0.1, 0.15) is 23.5 Å². The first-order valence-corrected chi connectivity index (χ1v) is 13.0. The number of fused-ring (bicyclic) bond motifs is 1. The number of carbonyl (C=O) groups is 1. The lowest BCUT2D eigenvalue weighted by Crippen LogP contribution is -2.36. The van der Waals surface area contributed by atoms with Gasteiger partial charge in [-0.1, -0.05) is 29.9 Å². The van der Waals surface area contributed by atoms with E-state index in [1.165, 1.54) is 12.4 Å². The van der Waals surface area contributed by atoms with Crippen LogP contribution in [0.3, 0.4) is 0 Å². The summed E-state index contributed by atoms with van der Waals surface area (Å²) in [5.74, 6) is 2.50. The van der Waals surface area contributed by atoms with E-state index in [2.05, 4.69) is 26.7 Å². The molecule has 1 aliphatic heterocycles. The van der Waals surface area contributed by atoms with Crippen LogP contribution in [0.4, 0.5) is 5.82 Å². The maximum atomic E-state index is 12.0. The van der Waals surface area contributed by atoms with Crippen LogP contribution in [0.5, 0.6) is 11.6 Å². The van der Waals surface area contributed by atoms with Gasteiger partial charge in [0, 0.05) is 43.4 Å². The number of hydrogen-bond acceptors (Lipinski definition) is 9. The summed E-state index contributed by atoms with van der Waals surface area (Å²) in [5, 5.41) is 5.07. The molecule has 1 aliphatic rings. The normalized spacial score (nSPS) is 14.0. The fourth-order valence-corrected chi connectivity index (χ4v) is 5.18. The summed E-state index contributed by atoms with van der Waals surface area (Å²) in [6.07, 6.45) is 4.26. The van der Waals surface area contributed by atoms with Crippen LogP contribution < -0.4 is 10.5 Å². The Kier molecular flexibility index (Phi) is 6.47. The maximum absolute atomic E-state index is 12.0. The predicted octanol–water partition coefficient (Wildman–Crippen LogP) is 4.66. The predicted molar refractivity (Wildman–Crippen MR) is 149 cm³/mol. The SMILES string of the molecule is C=CC(=O)N1CCC(c2nc(-c3c(-c4ccc(Oc5cccc(C)n5)cc4)c4c(N)ncnc4n3C)no2)CC1. The van der Waals surface area contributed by atoms with Crippen molar-refractivity contribution >= 4 is 22.8 Å². The van der Waals surface area contributed by atoms with Gasteiger partial charge in [0.2, 0.25) is 23.5 Å². The van der Waals surface area contributed by atoms with Crippen molar-refractivity contribution in [2.24, 2.45) is 7.05 Å². The minimum atomic E-state index is -0.0601. The molecule has 11 heteroatoms. The molecule has 2 N–H and O–H groups in total. The van der Waals surface area contributed by atoms with Crippen molar-refractivity contribution in [3.63, 3.8) is 0 Å². The summed E-state index contributed by atoms with van der Waals surface area (Å²) in [6.45, 7) is 6.73. The van der Waals surface area contributed by atoms with Crippen molar-refractivity contribution in [2.45, 2.75) is 25.7 Å². The van der Waals surface area contributed by atoms with Crippen LogP contribution >= 0.6 is 0 Å². The van der Waals surface area contributed by atoms with Crippen molar-refractivity contribution in [1.82, 2.24) is 34.6 Å². The molecule has 5 aromatic rings. The van der Waals surface area contributed by atoms with Gasteiger partial charge >= 0.3 is 0 Å². The number of benzene rings is 1. The van der Waals surface area contributed by atoms with E-state index in [0.717, 1.165) is 29.7 Å². The number of rotatable bonds is 6. The van der Waals surface area contributed by atoms with Crippen LogP contribution in [-0.2, 0) is 11.8 Å². The lowest BCUT2D eigenvalue weighted by molar-refractivity contribution is -0.127. The van der Waals surface area contributed by atoms with Crippen molar-refractivity contribution in [2.75, 3.05) is 18.8 Å². The van der Waals surface area contributed by atoms with Gasteiger partial charge in [0.15, 0.2) is 0 Å². The number of anilines is 1. The van der Waals surface area contributed by atoms with Gasteiger partial charge in [-0.15, -0.1) is 0 Å². The Labute approximate surface area is 230 Å². The highest BCUT2D eigenvalue weighted by Crippen LogP contribution is 2.41. The molecule has 5 heterocycles. The Morgan fingerprint density at radius 3 is 2.62 bits per heavy atom. The molecule has 6 rings (SSSR count). The Balaban J connectivity index is 1.36. The number of likely N-dealkylation sites (tertiary alicyclic amines) is 1. The first kappa shape index (κ1) is 25.2. The number of nitrogen functional groups attached to an aromatic ring is 1. The summed E-state index contributed by atoms with van der Waals surface area (Å²) in [7, 11) is 1.89. The number of hydrogen-bond donors (Lipinski definition) is 1. The molecule has 0 saturated carbocycles. The zero-order valence-corrected chi connectivity index (χ0v) is 22.2. The van der Waals surface area contributed by atoms with Crippen molar-refractivity contribution in [1.29, 1.82) is 0 Å². The van der Waals surface area contributed by atoms with E-state index in [0.29, 0.717) is 59.0 Å². The van der Waals surface area contributed by atoms with Gasteiger partial charge in [0.25, 0.3) is 0 Å². The lowest BCUT2D eigenvalue weighted by atomic mass is 9.96. The van der Waals surface area contributed by atoms with Crippen molar-refractivity contribution in [3.05, 3.63) is 73.0 Å². The molecular formula is C29H28N8O3. The second-order valence-electron chi connectivity index (χ2n) is 9.74. The average molecular weight is 537 g/mol. The van der Waals surface area contributed by atoms with Crippen LogP contribution in [0.2, 0.25) is 0 Å². The lowest BCUT2D eigenvalue weighted by Gasteiger charge is -2.29. The van der Waals surface area contributed by atoms with Gasteiger partial charge < -0.3 is 24.5 Å². The second kappa shape index (κ2) is 10.3. The molecule has 1 aromatic carbocycles. The summed E-state index contributed by atoms with van der Waals surface area (Å²) in [6, 6.07) is 13.3. The Hall–Kier alpha value is -5.06. The summed E-state index contributed by atoms with van der Waals surface area (Å²) in [4.78, 5) is 31.7. The number of pyridine rings is 1. The van der Waals surface area contributed by atoms with Crippen LogP contribution in [0, 0.1) is 6.92 Å². The topological polar surface area (TPSA) is 138 Å².